The van der Waals surface area contributed by atoms with Gasteiger partial charge in [0, 0.05) is 66.6 Å². The second-order valence-corrected chi connectivity index (χ2v) is 10.2. The van der Waals surface area contributed by atoms with Crippen LogP contribution in [0.2, 0.25) is 0 Å². The van der Waals surface area contributed by atoms with E-state index in [0.717, 1.165) is 20.7 Å². The molecule has 0 aromatic carbocycles. The molecule has 0 N–H and O–H groups in total. The molecule has 0 amide bonds. The van der Waals surface area contributed by atoms with Crippen LogP contribution in [0.5, 0.6) is 0 Å². The molecule has 176 valence electrons. The first-order chi connectivity index (χ1) is 15.9. The van der Waals surface area contributed by atoms with Crippen molar-refractivity contribution in [3.63, 3.8) is 0 Å². The van der Waals surface area contributed by atoms with Crippen molar-refractivity contribution in [1.82, 2.24) is 19.1 Å². The maximum Gasteiger partial charge on any atom is 0.496 e. The topological polar surface area (TPSA) is 88.2 Å². The Morgan fingerprint density at radius 1 is 0.794 bits per heavy atom. The van der Waals surface area contributed by atoms with Gasteiger partial charge < -0.3 is 18.4 Å². The van der Waals surface area contributed by atoms with Crippen LogP contribution < -0.4 is 16.6 Å². The van der Waals surface area contributed by atoms with Crippen LogP contribution in [-0.2, 0) is 23.4 Å². The zero-order chi connectivity index (χ0) is 24.8. The van der Waals surface area contributed by atoms with E-state index in [0.29, 0.717) is 10.8 Å². The molecule has 34 heavy (non-hydrogen) atoms. The second kappa shape index (κ2) is 8.76. The average Bonchev–Trinajstić information content (AvgIpc) is 3.02. The van der Waals surface area contributed by atoms with Crippen LogP contribution in [0.3, 0.4) is 0 Å². The van der Waals surface area contributed by atoms with E-state index in [9.17, 15) is 9.59 Å². The highest BCUT2D eigenvalue weighted by Crippen LogP contribution is 2.36. The zero-order valence-corrected chi connectivity index (χ0v) is 21.6. The van der Waals surface area contributed by atoms with Gasteiger partial charge >= 0.3 is 7.12 Å². The van der Waals surface area contributed by atoms with Gasteiger partial charge in [-0.05, 0) is 61.1 Å². The summed E-state index contributed by atoms with van der Waals surface area (Å²) >= 11 is 3.39. The molecule has 0 spiro atoms. The van der Waals surface area contributed by atoms with Gasteiger partial charge in [-0.2, -0.15) is 0 Å². The standard InChI is InChI=1S/C15H19BN2O3.C9H7BrN2O/c1-14(2)15(3,4)21-16(20-14)12-9-18(5)13(19)11-8-17-7-6-10(11)12;1-12-5-8(10)6-2-3-11-4-7(6)9(12)13/h6-9H,1-5H3;2-5H,1H3. The minimum Gasteiger partial charge on any atom is -0.399 e. The first-order valence-corrected chi connectivity index (χ1v) is 11.6. The van der Waals surface area contributed by atoms with Gasteiger partial charge in [-0.25, -0.2) is 0 Å². The molecule has 4 aromatic heterocycles. The highest BCUT2D eigenvalue weighted by Gasteiger charge is 2.52. The normalized spacial score (nSPS) is 16.5. The van der Waals surface area contributed by atoms with Crippen LogP contribution in [0.25, 0.3) is 21.5 Å². The molecule has 1 fully saturated rings. The molecular formula is C24H26BBrN4O4. The number of nitrogens with zero attached hydrogens (tertiary/aromatic N) is 4. The maximum atomic E-state index is 12.2. The summed E-state index contributed by atoms with van der Waals surface area (Å²) in [6.07, 6.45) is 10.1. The van der Waals surface area contributed by atoms with Crippen molar-refractivity contribution in [3.05, 3.63) is 74.5 Å². The first kappa shape index (κ1) is 24.3. The largest absolute Gasteiger partial charge is 0.496 e. The van der Waals surface area contributed by atoms with E-state index in [-0.39, 0.29) is 11.1 Å². The Labute approximate surface area is 205 Å². The third-order valence-electron chi connectivity index (χ3n) is 6.46. The summed E-state index contributed by atoms with van der Waals surface area (Å²) in [5.41, 5.74) is -0.0601. The molecule has 1 saturated heterocycles. The van der Waals surface area contributed by atoms with E-state index in [1.807, 2.05) is 39.8 Å². The summed E-state index contributed by atoms with van der Waals surface area (Å²) in [7, 11) is 2.95. The molecule has 0 aliphatic carbocycles. The van der Waals surface area contributed by atoms with Crippen molar-refractivity contribution >= 4 is 50.1 Å². The molecule has 8 nitrogen and oxygen atoms in total. The van der Waals surface area contributed by atoms with Crippen molar-refractivity contribution in [2.24, 2.45) is 14.1 Å². The number of hydrogen-bond acceptors (Lipinski definition) is 6. The van der Waals surface area contributed by atoms with Crippen molar-refractivity contribution < 1.29 is 9.31 Å². The highest BCUT2D eigenvalue weighted by atomic mass is 79.9. The van der Waals surface area contributed by atoms with E-state index >= 15 is 0 Å². The van der Waals surface area contributed by atoms with Gasteiger partial charge in [0.2, 0.25) is 0 Å². The Kier molecular flexibility index (Phi) is 6.26. The SMILES string of the molecule is Cn1cc(B2OC(C)(C)C(C)(C)O2)c2ccncc2c1=O.Cn1cc(Br)c2ccncc2c1=O. The van der Waals surface area contributed by atoms with Crippen molar-refractivity contribution in [3.8, 4) is 0 Å². The van der Waals surface area contributed by atoms with E-state index in [1.165, 1.54) is 4.57 Å². The smallest absolute Gasteiger partial charge is 0.399 e. The molecular weight excluding hydrogens is 499 g/mol. The number of hydrogen-bond donors (Lipinski definition) is 0. The number of rotatable bonds is 1. The monoisotopic (exact) mass is 524 g/mol. The Morgan fingerprint density at radius 2 is 1.26 bits per heavy atom. The van der Waals surface area contributed by atoms with Gasteiger partial charge in [0.1, 0.15) is 0 Å². The molecule has 0 atom stereocenters. The Morgan fingerprint density at radius 3 is 1.82 bits per heavy atom. The van der Waals surface area contributed by atoms with Crippen LogP contribution in [0.15, 0.2) is 63.4 Å². The fourth-order valence-electron chi connectivity index (χ4n) is 3.76. The third kappa shape index (κ3) is 4.21. The lowest BCUT2D eigenvalue weighted by Gasteiger charge is -2.32. The summed E-state index contributed by atoms with van der Waals surface area (Å²) in [6, 6.07) is 3.65. The molecule has 5 rings (SSSR count). The van der Waals surface area contributed by atoms with Crippen LogP contribution in [0.1, 0.15) is 27.7 Å². The summed E-state index contributed by atoms with van der Waals surface area (Å²) in [4.78, 5) is 31.7. The fourth-order valence-corrected chi connectivity index (χ4v) is 4.42. The molecule has 1 aliphatic heterocycles. The molecule has 0 saturated carbocycles. The lowest BCUT2D eigenvalue weighted by Crippen LogP contribution is -2.41. The van der Waals surface area contributed by atoms with E-state index in [1.54, 1.807) is 55.8 Å². The van der Waals surface area contributed by atoms with Crippen LogP contribution in [-0.4, -0.2) is 37.4 Å². The third-order valence-corrected chi connectivity index (χ3v) is 7.09. The molecule has 1 aliphatic rings. The summed E-state index contributed by atoms with van der Waals surface area (Å²) in [5.74, 6) is 0. The Hall–Kier alpha value is -2.82. The molecule has 0 unspecified atom stereocenters. The number of aromatic nitrogens is 4. The van der Waals surface area contributed by atoms with Gasteiger partial charge in [0.25, 0.3) is 11.1 Å². The molecule has 0 bridgehead atoms. The zero-order valence-electron chi connectivity index (χ0n) is 20.0. The minimum atomic E-state index is -0.494. The molecule has 0 radical (unpaired) electrons. The predicted octanol–water partition coefficient (Wildman–Crippen LogP) is 2.93. The highest BCUT2D eigenvalue weighted by molar-refractivity contribution is 9.10. The number of fused-ring (bicyclic) bond motifs is 2. The van der Waals surface area contributed by atoms with Crippen molar-refractivity contribution in [1.29, 1.82) is 0 Å². The van der Waals surface area contributed by atoms with Crippen LogP contribution in [0, 0.1) is 0 Å². The second-order valence-electron chi connectivity index (χ2n) is 9.32. The van der Waals surface area contributed by atoms with Gasteiger partial charge in [-0.15, -0.1) is 0 Å². The van der Waals surface area contributed by atoms with Gasteiger partial charge in [-0.3, -0.25) is 19.6 Å². The van der Waals surface area contributed by atoms with Crippen LogP contribution in [0.4, 0.5) is 0 Å². The number of aryl methyl sites for hydroxylation is 2. The molecule has 4 aromatic rings. The quantitative estimate of drug-likeness (QED) is 0.356. The maximum absolute atomic E-state index is 12.2. The van der Waals surface area contributed by atoms with Crippen LogP contribution >= 0.6 is 15.9 Å². The number of pyridine rings is 4. The summed E-state index contributed by atoms with van der Waals surface area (Å²) in [5, 5.41) is 2.94. The molecule has 10 heteroatoms. The number of halogens is 1. The summed E-state index contributed by atoms with van der Waals surface area (Å²) in [6.45, 7) is 8.05. The first-order valence-electron chi connectivity index (χ1n) is 10.8. The van der Waals surface area contributed by atoms with E-state index in [2.05, 4.69) is 25.9 Å². The van der Waals surface area contributed by atoms with Gasteiger partial charge in [0.05, 0.1) is 22.0 Å². The van der Waals surface area contributed by atoms with Crippen molar-refractivity contribution in [2.75, 3.05) is 0 Å². The Balaban J connectivity index is 0.000000180. The lowest BCUT2D eigenvalue weighted by molar-refractivity contribution is 0.00578. The van der Waals surface area contributed by atoms with E-state index in [4.69, 9.17) is 9.31 Å². The predicted molar refractivity (Wildman–Crippen MR) is 137 cm³/mol. The molecule has 5 heterocycles. The lowest BCUT2D eigenvalue weighted by atomic mass is 9.77. The van der Waals surface area contributed by atoms with Gasteiger partial charge in [0.15, 0.2) is 0 Å². The average molecular weight is 525 g/mol. The van der Waals surface area contributed by atoms with Crippen molar-refractivity contribution in [2.45, 2.75) is 38.9 Å². The summed E-state index contributed by atoms with van der Waals surface area (Å²) < 4.78 is 16.2. The fraction of sp³-hybridized carbons (Fsp3) is 0.333. The van der Waals surface area contributed by atoms with Gasteiger partial charge in [-0.1, -0.05) is 0 Å². The van der Waals surface area contributed by atoms with E-state index < -0.39 is 18.3 Å². The Bertz CT molecular complexity index is 1500. The minimum absolute atomic E-state index is 0.0219.